The zero-order valence-electron chi connectivity index (χ0n) is 11.7. The summed E-state index contributed by atoms with van der Waals surface area (Å²) in [6, 6.07) is 5.04. The van der Waals surface area contributed by atoms with E-state index in [-0.39, 0.29) is 17.4 Å². The molecule has 0 aliphatic carbocycles. The van der Waals surface area contributed by atoms with Crippen molar-refractivity contribution in [3.8, 4) is 0 Å². The van der Waals surface area contributed by atoms with E-state index in [0.29, 0.717) is 27.9 Å². The highest BCUT2D eigenvalue weighted by molar-refractivity contribution is 7.99. The van der Waals surface area contributed by atoms with E-state index in [1.807, 2.05) is 0 Å². The Morgan fingerprint density at radius 3 is 2.61 bits per heavy atom. The van der Waals surface area contributed by atoms with Crippen LogP contribution < -0.4 is 16.6 Å². The van der Waals surface area contributed by atoms with Crippen molar-refractivity contribution < 1.29 is 4.79 Å². The second kappa shape index (κ2) is 8.19. The van der Waals surface area contributed by atoms with Gasteiger partial charge in [-0.15, -0.1) is 0 Å². The Labute approximate surface area is 144 Å². The Morgan fingerprint density at radius 2 is 1.96 bits per heavy atom. The summed E-state index contributed by atoms with van der Waals surface area (Å²) in [5.41, 5.74) is -0.656. The number of aromatic amines is 2. The number of rotatable bonds is 6. The molecule has 7 nitrogen and oxygen atoms in total. The summed E-state index contributed by atoms with van der Waals surface area (Å²) in [6.07, 6.45) is 0.0701. The number of H-pyrrole nitrogens is 2. The number of hydrogen-bond donors (Lipinski definition) is 3. The predicted molar refractivity (Wildman–Crippen MR) is 89.4 cm³/mol. The fraction of sp³-hybridized carbons (Fsp3) is 0.231. The molecule has 23 heavy (non-hydrogen) atoms. The van der Waals surface area contributed by atoms with Crippen LogP contribution in [0.4, 0.5) is 0 Å². The molecule has 0 bridgehead atoms. The van der Waals surface area contributed by atoms with Crippen LogP contribution in [0.5, 0.6) is 0 Å². The van der Waals surface area contributed by atoms with Crippen molar-refractivity contribution in [2.75, 3.05) is 12.3 Å². The summed E-state index contributed by atoms with van der Waals surface area (Å²) in [5, 5.41) is 9.46. The minimum atomic E-state index is -0.663. The van der Waals surface area contributed by atoms with Crippen LogP contribution in [0.15, 0.2) is 32.8 Å². The molecule has 0 aliphatic heterocycles. The van der Waals surface area contributed by atoms with E-state index in [1.54, 1.807) is 18.2 Å². The summed E-state index contributed by atoms with van der Waals surface area (Å²) >= 11 is 13.1. The average Bonchev–Trinajstić information content (AvgIpc) is 2.49. The number of carbonyl (C=O) groups is 1. The van der Waals surface area contributed by atoms with Gasteiger partial charge in [0.1, 0.15) is 0 Å². The normalized spacial score (nSPS) is 10.5. The number of hydrogen-bond acceptors (Lipinski definition) is 5. The minimum Gasteiger partial charge on any atom is -0.355 e. The first-order valence-corrected chi connectivity index (χ1v) is 8.23. The van der Waals surface area contributed by atoms with E-state index in [0.717, 1.165) is 11.8 Å². The van der Waals surface area contributed by atoms with Crippen LogP contribution in [0.1, 0.15) is 5.56 Å². The molecule has 0 fully saturated rings. The fourth-order valence-electron chi connectivity index (χ4n) is 1.70. The van der Waals surface area contributed by atoms with Crippen molar-refractivity contribution in [2.24, 2.45) is 0 Å². The summed E-state index contributed by atoms with van der Waals surface area (Å²) < 4.78 is 0. The Balaban J connectivity index is 1.81. The SMILES string of the molecule is O=C(Cc1c(Cl)cccc1Cl)NCCSc1n[nH]c(=O)[nH]c1=O. The van der Waals surface area contributed by atoms with Gasteiger partial charge >= 0.3 is 5.69 Å². The Morgan fingerprint density at radius 1 is 1.26 bits per heavy atom. The smallest absolute Gasteiger partial charge is 0.342 e. The minimum absolute atomic E-state index is 0.0701. The Bertz CT molecular complexity index is 801. The molecule has 3 N–H and O–H groups in total. The molecular weight excluding hydrogens is 363 g/mol. The van der Waals surface area contributed by atoms with Gasteiger partial charge in [-0.25, -0.2) is 9.89 Å². The molecule has 0 saturated heterocycles. The number of amides is 1. The van der Waals surface area contributed by atoms with E-state index in [9.17, 15) is 14.4 Å². The van der Waals surface area contributed by atoms with Crippen LogP contribution in [0.25, 0.3) is 0 Å². The van der Waals surface area contributed by atoms with Crippen molar-refractivity contribution in [1.29, 1.82) is 0 Å². The van der Waals surface area contributed by atoms with Crippen LogP contribution >= 0.6 is 35.0 Å². The zero-order valence-corrected chi connectivity index (χ0v) is 14.0. The molecule has 10 heteroatoms. The molecule has 1 amide bonds. The standard InChI is InChI=1S/C13H12Cl2N4O3S/c14-8-2-1-3-9(15)7(8)6-10(20)16-4-5-23-12-11(21)17-13(22)19-18-12/h1-3H,4-6H2,(H,16,20)(H2,17,19,21,22). The maximum atomic E-state index is 11.9. The topological polar surface area (TPSA) is 108 Å². The summed E-state index contributed by atoms with van der Waals surface area (Å²) in [6.45, 7) is 0.325. The lowest BCUT2D eigenvalue weighted by Gasteiger charge is -2.07. The molecule has 0 radical (unpaired) electrons. The van der Waals surface area contributed by atoms with Gasteiger partial charge in [0.05, 0.1) is 6.42 Å². The van der Waals surface area contributed by atoms with Gasteiger partial charge in [-0.05, 0) is 17.7 Å². The highest BCUT2D eigenvalue weighted by atomic mass is 35.5. The van der Waals surface area contributed by atoms with Crippen molar-refractivity contribution in [1.82, 2.24) is 20.5 Å². The maximum Gasteiger partial charge on any atom is 0.342 e. The molecule has 0 aliphatic rings. The number of benzene rings is 1. The van der Waals surface area contributed by atoms with Gasteiger partial charge in [-0.3, -0.25) is 14.6 Å². The van der Waals surface area contributed by atoms with E-state index in [4.69, 9.17) is 23.2 Å². The quantitative estimate of drug-likeness (QED) is 0.520. The third kappa shape index (κ3) is 5.12. The average molecular weight is 375 g/mol. The molecule has 1 aromatic heterocycles. The molecule has 2 rings (SSSR count). The molecule has 1 aromatic carbocycles. The van der Waals surface area contributed by atoms with E-state index < -0.39 is 11.2 Å². The van der Waals surface area contributed by atoms with Crippen LogP contribution in [0, 0.1) is 0 Å². The van der Waals surface area contributed by atoms with Crippen molar-refractivity contribution in [3.63, 3.8) is 0 Å². The first kappa shape index (κ1) is 17.6. The number of carbonyl (C=O) groups excluding carboxylic acids is 1. The second-order valence-electron chi connectivity index (χ2n) is 4.39. The van der Waals surface area contributed by atoms with Gasteiger partial charge in [0, 0.05) is 22.3 Å². The van der Waals surface area contributed by atoms with Gasteiger partial charge in [-0.2, -0.15) is 5.10 Å². The van der Waals surface area contributed by atoms with E-state index in [1.165, 1.54) is 0 Å². The molecule has 2 aromatic rings. The molecule has 0 atom stereocenters. The number of halogens is 2. The lowest BCUT2D eigenvalue weighted by Crippen LogP contribution is -2.28. The fourth-order valence-corrected chi connectivity index (χ4v) is 2.92. The summed E-state index contributed by atoms with van der Waals surface area (Å²) in [5.74, 6) is 0.188. The van der Waals surface area contributed by atoms with Crippen LogP contribution in [-0.4, -0.2) is 33.4 Å². The van der Waals surface area contributed by atoms with Crippen molar-refractivity contribution in [2.45, 2.75) is 11.4 Å². The summed E-state index contributed by atoms with van der Waals surface area (Å²) in [7, 11) is 0. The molecule has 1 heterocycles. The Hall–Kier alpha value is -1.77. The third-order valence-corrected chi connectivity index (χ3v) is 4.41. The monoisotopic (exact) mass is 374 g/mol. The predicted octanol–water partition coefficient (Wildman–Crippen LogP) is 1.22. The highest BCUT2D eigenvalue weighted by Crippen LogP contribution is 2.24. The molecular formula is C13H12Cl2N4O3S. The van der Waals surface area contributed by atoms with Crippen molar-refractivity contribution in [3.05, 3.63) is 54.6 Å². The van der Waals surface area contributed by atoms with Crippen LogP contribution in [0.3, 0.4) is 0 Å². The lowest BCUT2D eigenvalue weighted by molar-refractivity contribution is -0.120. The van der Waals surface area contributed by atoms with E-state index in [2.05, 4.69) is 20.5 Å². The molecule has 0 saturated carbocycles. The van der Waals surface area contributed by atoms with Gasteiger partial charge in [0.15, 0.2) is 5.03 Å². The van der Waals surface area contributed by atoms with Crippen LogP contribution in [0.2, 0.25) is 10.0 Å². The first-order valence-electron chi connectivity index (χ1n) is 6.49. The lowest BCUT2D eigenvalue weighted by atomic mass is 10.1. The highest BCUT2D eigenvalue weighted by Gasteiger charge is 2.10. The summed E-state index contributed by atoms with van der Waals surface area (Å²) in [4.78, 5) is 36.2. The maximum absolute atomic E-state index is 11.9. The molecule has 0 unspecified atom stereocenters. The van der Waals surface area contributed by atoms with Crippen molar-refractivity contribution >= 4 is 40.9 Å². The van der Waals surface area contributed by atoms with Crippen LogP contribution in [-0.2, 0) is 11.2 Å². The van der Waals surface area contributed by atoms with E-state index >= 15 is 0 Å². The zero-order chi connectivity index (χ0) is 16.8. The largest absolute Gasteiger partial charge is 0.355 e. The first-order chi connectivity index (χ1) is 11.0. The third-order valence-electron chi connectivity index (χ3n) is 2.74. The number of aromatic nitrogens is 3. The van der Waals surface area contributed by atoms with Gasteiger partial charge in [-0.1, -0.05) is 41.0 Å². The molecule has 122 valence electrons. The number of thioether (sulfide) groups is 1. The number of nitrogens with zero attached hydrogens (tertiary/aromatic N) is 1. The Kier molecular flexibility index (Phi) is 6.26. The molecule has 0 spiro atoms. The van der Waals surface area contributed by atoms with Gasteiger partial charge in [0.2, 0.25) is 5.91 Å². The van der Waals surface area contributed by atoms with Gasteiger partial charge in [0.25, 0.3) is 5.56 Å². The van der Waals surface area contributed by atoms with Gasteiger partial charge < -0.3 is 5.32 Å². The number of nitrogens with one attached hydrogen (secondary N) is 3. The second-order valence-corrected chi connectivity index (χ2v) is 6.29.